The Bertz CT molecular complexity index is 1430. The average Bonchev–Trinajstić information content (AvgIpc) is 2.82. The van der Waals surface area contributed by atoms with Crippen LogP contribution in [0.4, 0.5) is 36.4 Å². The van der Waals surface area contributed by atoms with Gasteiger partial charge in [-0.25, -0.2) is 17.8 Å². The van der Waals surface area contributed by atoms with Gasteiger partial charge in [0.05, 0.1) is 24.7 Å². The van der Waals surface area contributed by atoms with Crippen LogP contribution in [0.15, 0.2) is 48.8 Å². The molecule has 0 radical (unpaired) electrons. The predicted octanol–water partition coefficient (Wildman–Crippen LogP) is 5.02. The van der Waals surface area contributed by atoms with Crippen molar-refractivity contribution in [3.63, 3.8) is 0 Å². The van der Waals surface area contributed by atoms with Gasteiger partial charge < -0.3 is 9.64 Å². The summed E-state index contributed by atoms with van der Waals surface area (Å²) in [5, 5.41) is 0. The summed E-state index contributed by atoms with van der Waals surface area (Å²) in [5.41, 5.74) is -4.86. The number of rotatable bonds is 7. The van der Waals surface area contributed by atoms with E-state index in [-0.39, 0.29) is 34.7 Å². The molecule has 15 heteroatoms. The number of hydrogen-bond acceptors (Lipinski definition) is 6. The molecule has 0 aliphatic carbocycles. The number of halogens is 7. The van der Waals surface area contributed by atoms with E-state index in [1.807, 2.05) is 0 Å². The topological polar surface area (TPSA) is 89.5 Å². The number of carbonyl (C=O) groups is 1. The van der Waals surface area contributed by atoms with Gasteiger partial charge in [-0.1, -0.05) is 0 Å². The molecule has 0 fully saturated rings. The van der Waals surface area contributed by atoms with Crippen molar-refractivity contribution in [1.82, 2.24) is 9.97 Å². The van der Waals surface area contributed by atoms with E-state index in [9.17, 15) is 43.9 Å². The van der Waals surface area contributed by atoms with Gasteiger partial charge in [0.25, 0.3) is 5.91 Å². The number of hydrogen-bond donors (Lipinski definition) is 0. The third-order valence-electron chi connectivity index (χ3n) is 5.13. The molecule has 0 saturated carbocycles. The first-order valence-corrected chi connectivity index (χ1v) is 12.5. The van der Waals surface area contributed by atoms with Gasteiger partial charge in [-0.3, -0.25) is 9.78 Å². The molecular formula is C23H18F7N3O4S. The van der Waals surface area contributed by atoms with E-state index in [0.29, 0.717) is 4.90 Å². The van der Waals surface area contributed by atoms with Gasteiger partial charge in [-0.05, 0) is 30.3 Å². The number of amides is 1. The highest BCUT2D eigenvalue weighted by Crippen LogP contribution is 2.38. The van der Waals surface area contributed by atoms with Crippen LogP contribution in [0, 0.1) is 5.82 Å². The molecule has 0 spiro atoms. The van der Waals surface area contributed by atoms with Gasteiger partial charge in [0.15, 0.2) is 0 Å². The van der Waals surface area contributed by atoms with Crippen LogP contribution < -0.4 is 9.64 Å². The standard InChI is InChI=1S/C23H18F7N3O4S/c1-37-18-11-14(24)3-4-16(18)15-5-6-31-12-17(15)33(7-8-38(2,35)36)21(34)13-9-19(22(25,26)27)32-20(10-13)23(28,29)30/h3-6,9-12H,7-8H2,1-2H3. The Labute approximate surface area is 211 Å². The maximum Gasteiger partial charge on any atom is 0.433 e. The monoisotopic (exact) mass is 565 g/mol. The zero-order valence-electron chi connectivity index (χ0n) is 19.6. The molecule has 0 bridgehead atoms. The fraction of sp³-hybridized carbons (Fsp3) is 0.261. The summed E-state index contributed by atoms with van der Waals surface area (Å²) in [6.07, 6.45) is -7.49. The average molecular weight is 565 g/mol. The fourth-order valence-corrected chi connectivity index (χ4v) is 3.92. The highest BCUT2D eigenvalue weighted by molar-refractivity contribution is 7.90. The van der Waals surface area contributed by atoms with Crippen molar-refractivity contribution in [1.29, 1.82) is 0 Å². The minimum Gasteiger partial charge on any atom is -0.496 e. The number of pyridine rings is 2. The number of methoxy groups -OCH3 is 1. The summed E-state index contributed by atoms with van der Waals surface area (Å²) in [5.74, 6) is -2.78. The highest BCUT2D eigenvalue weighted by atomic mass is 32.2. The largest absolute Gasteiger partial charge is 0.496 e. The first kappa shape index (κ1) is 28.8. The summed E-state index contributed by atoms with van der Waals surface area (Å²) in [4.78, 5) is 20.6. The van der Waals surface area contributed by atoms with E-state index in [1.165, 1.54) is 25.4 Å². The van der Waals surface area contributed by atoms with Gasteiger partial charge in [-0.15, -0.1) is 0 Å². The third-order valence-corrected chi connectivity index (χ3v) is 6.05. The molecule has 0 aliphatic rings. The molecule has 2 heterocycles. The van der Waals surface area contributed by atoms with Crippen LogP contribution in [0.5, 0.6) is 5.75 Å². The summed E-state index contributed by atoms with van der Waals surface area (Å²) in [7, 11) is -2.54. The summed E-state index contributed by atoms with van der Waals surface area (Å²) in [6, 6.07) is 4.94. The van der Waals surface area contributed by atoms with E-state index >= 15 is 0 Å². The predicted molar refractivity (Wildman–Crippen MR) is 122 cm³/mol. The van der Waals surface area contributed by atoms with Gasteiger partial charge in [-0.2, -0.15) is 26.3 Å². The molecule has 0 unspecified atom stereocenters. The Balaban J connectivity index is 2.25. The first-order chi connectivity index (χ1) is 17.5. The molecule has 3 aromatic rings. The lowest BCUT2D eigenvalue weighted by atomic mass is 10.0. The Morgan fingerprint density at radius 3 is 2.11 bits per heavy atom. The molecule has 0 saturated heterocycles. The molecule has 0 N–H and O–H groups in total. The normalized spacial score (nSPS) is 12.3. The summed E-state index contributed by atoms with van der Waals surface area (Å²) < 4.78 is 123. The number of carbonyl (C=O) groups excluding carboxylic acids is 1. The molecule has 3 rings (SSSR count). The van der Waals surface area contributed by atoms with E-state index < -0.39 is 63.2 Å². The van der Waals surface area contributed by atoms with Crippen molar-refractivity contribution in [3.8, 4) is 16.9 Å². The number of anilines is 1. The lowest BCUT2D eigenvalue weighted by Crippen LogP contribution is -2.36. The zero-order valence-corrected chi connectivity index (χ0v) is 20.4. The Kier molecular flexibility index (Phi) is 8.00. The van der Waals surface area contributed by atoms with Crippen LogP contribution in [0.2, 0.25) is 0 Å². The molecule has 7 nitrogen and oxygen atoms in total. The molecule has 1 amide bonds. The molecule has 0 aliphatic heterocycles. The number of benzene rings is 1. The van der Waals surface area contributed by atoms with Crippen molar-refractivity contribution in [2.75, 3.05) is 30.6 Å². The minimum absolute atomic E-state index is 0.0180. The molecule has 1 aromatic carbocycles. The number of aromatic nitrogens is 2. The van der Waals surface area contributed by atoms with Crippen molar-refractivity contribution < 1.29 is 48.7 Å². The van der Waals surface area contributed by atoms with E-state index in [2.05, 4.69) is 9.97 Å². The van der Waals surface area contributed by atoms with Crippen LogP contribution in [-0.2, 0) is 22.2 Å². The zero-order chi connectivity index (χ0) is 28.5. The first-order valence-electron chi connectivity index (χ1n) is 10.5. The Morgan fingerprint density at radius 2 is 1.58 bits per heavy atom. The van der Waals surface area contributed by atoms with Crippen molar-refractivity contribution >= 4 is 21.4 Å². The maximum atomic E-state index is 13.8. The van der Waals surface area contributed by atoms with Gasteiger partial charge in [0.2, 0.25) is 0 Å². The van der Waals surface area contributed by atoms with Crippen LogP contribution >= 0.6 is 0 Å². The van der Waals surface area contributed by atoms with Crippen LogP contribution in [0.1, 0.15) is 21.7 Å². The molecular weight excluding hydrogens is 547 g/mol. The molecule has 204 valence electrons. The number of alkyl halides is 6. The van der Waals surface area contributed by atoms with E-state index in [4.69, 9.17) is 4.74 Å². The summed E-state index contributed by atoms with van der Waals surface area (Å²) >= 11 is 0. The second-order valence-electron chi connectivity index (χ2n) is 7.95. The van der Waals surface area contributed by atoms with Gasteiger partial charge in [0, 0.05) is 41.8 Å². The second-order valence-corrected chi connectivity index (χ2v) is 10.2. The van der Waals surface area contributed by atoms with E-state index in [1.54, 1.807) is 0 Å². The lowest BCUT2D eigenvalue weighted by Gasteiger charge is -2.26. The molecule has 38 heavy (non-hydrogen) atoms. The van der Waals surface area contributed by atoms with Crippen LogP contribution in [-0.4, -0.2) is 50.0 Å². The fourth-order valence-electron chi connectivity index (χ4n) is 3.41. The number of ether oxygens (including phenoxy) is 1. The van der Waals surface area contributed by atoms with Gasteiger partial charge >= 0.3 is 12.4 Å². The summed E-state index contributed by atoms with van der Waals surface area (Å²) in [6.45, 7) is -0.662. The van der Waals surface area contributed by atoms with Gasteiger partial charge in [0.1, 0.15) is 32.8 Å². The molecule has 2 aromatic heterocycles. The Morgan fingerprint density at radius 1 is 0.974 bits per heavy atom. The number of nitrogens with zero attached hydrogens (tertiary/aromatic N) is 3. The highest BCUT2D eigenvalue weighted by Gasteiger charge is 2.40. The maximum absolute atomic E-state index is 13.8. The van der Waals surface area contributed by atoms with Crippen LogP contribution in [0.3, 0.4) is 0 Å². The third kappa shape index (κ3) is 6.76. The van der Waals surface area contributed by atoms with Crippen molar-refractivity contribution in [2.24, 2.45) is 0 Å². The van der Waals surface area contributed by atoms with Crippen LogP contribution in [0.25, 0.3) is 11.1 Å². The number of sulfone groups is 1. The molecule has 0 atom stereocenters. The second kappa shape index (κ2) is 10.6. The quantitative estimate of drug-likeness (QED) is 0.374. The smallest absolute Gasteiger partial charge is 0.433 e. The van der Waals surface area contributed by atoms with E-state index in [0.717, 1.165) is 24.6 Å². The SMILES string of the molecule is COc1cc(F)ccc1-c1ccncc1N(CCS(C)(=O)=O)C(=O)c1cc(C(F)(F)F)nc(C(F)(F)F)c1. The Hall–Kier alpha value is -3.75. The minimum atomic E-state index is -5.32. The lowest BCUT2D eigenvalue weighted by molar-refractivity contribution is -0.150. The van der Waals surface area contributed by atoms with Crippen molar-refractivity contribution in [2.45, 2.75) is 12.4 Å². The van der Waals surface area contributed by atoms with Crippen molar-refractivity contribution in [3.05, 3.63) is 71.6 Å².